The van der Waals surface area contributed by atoms with Crippen molar-refractivity contribution in [1.82, 2.24) is 4.98 Å². The molecule has 2 heterocycles. The van der Waals surface area contributed by atoms with Crippen molar-refractivity contribution in [3.8, 4) is 9.75 Å². The van der Waals surface area contributed by atoms with E-state index in [1.54, 1.807) is 0 Å². The van der Waals surface area contributed by atoms with Crippen LogP contribution in [0.15, 0.2) is 15.9 Å². The first-order chi connectivity index (χ1) is 7.08. The maximum atomic E-state index is 10.9. The van der Waals surface area contributed by atoms with E-state index in [1.165, 1.54) is 22.7 Å². The summed E-state index contributed by atoms with van der Waals surface area (Å²) in [7, 11) is 0. The van der Waals surface area contributed by atoms with Gasteiger partial charge < -0.3 is 10.8 Å². The van der Waals surface area contributed by atoms with Crippen LogP contribution in [-0.2, 0) is 0 Å². The Morgan fingerprint density at radius 1 is 1.47 bits per heavy atom. The van der Waals surface area contributed by atoms with E-state index in [1.807, 2.05) is 12.1 Å². The Labute approximate surface area is 102 Å². The number of carboxylic acids is 1. The minimum absolute atomic E-state index is 0.0202. The summed E-state index contributed by atoms with van der Waals surface area (Å²) in [6.07, 6.45) is 0. The first-order valence-corrected chi connectivity index (χ1v) is 6.26. The van der Waals surface area contributed by atoms with Crippen molar-refractivity contribution in [2.75, 3.05) is 5.73 Å². The molecule has 15 heavy (non-hydrogen) atoms. The van der Waals surface area contributed by atoms with Crippen LogP contribution in [0.1, 0.15) is 10.5 Å². The number of thiazole rings is 1. The van der Waals surface area contributed by atoms with Crippen LogP contribution in [0, 0.1) is 0 Å². The summed E-state index contributed by atoms with van der Waals surface area (Å²) in [5.74, 6) is -1.05. The molecule has 2 aromatic heterocycles. The Morgan fingerprint density at radius 2 is 2.20 bits per heavy atom. The molecule has 0 saturated carbocycles. The first-order valence-electron chi connectivity index (χ1n) is 3.83. The fourth-order valence-corrected chi connectivity index (χ4v) is 3.41. The number of nitrogen functional groups attached to an aromatic ring is 1. The lowest BCUT2D eigenvalue weighted by Gasteiger charge is -1.92. The van der Waals surface area contributed by atoms with Crippen LogP contribution in [0.3, 0.4) is 0 Å². The highest BCUT2D eigenvalue weighted by Gasteiger charge is 2.18. The number of carbonyl (C=O) groups is 1. The largest absolute Gasteiger partial charge is 0.476 e. The fraction of sp³-hybridized carbons (Fsp3) is 0. The van der Waals surface area contributed by atoms with E-state index in [-0.39, 0.29) is 10.8 Å². The Hall–Kier alpha value is -0.920. The summed E-state index contributed by atoms with van der Waals surface area (Å²) in [6, 6.07) is 3.70. The van der Waals surface area contributed by atoms with Gasteiger partial charge in [0.25, 0.3) is 0 Å². The summed E-state index contributed by atoms with van der Waals surface area (Å²) < 4.78 is 0.945. The third-order valence-corrected chi connectivity index (χ3v) is 4.33. The van der Waals surface area contributed by atoms with Crippen molar-refractivity contribution in [3.05, 3.63) is 21.6 Å². The highest BCUT2D eigenvalue weighted by atomic mass is 79.9. The van der Waals surface area contributed by atoms with Crippen LogP contribution >= 0.6 is 38.6 Å². The molecule has 0 amide bonds. The summed E-state index contributed by atoms with van der Waals surface area (Å²) in [5, 5.41) is 9.20. The molecule has 0 radical (unpaired) electrons. The predicted molar refractivity (Wildman–Crippen MR) is 64.5 cm³/mol. The van der Waals surface area contributed by atoms with Gasteiger partial charge in [-0.25, -0.2) is 9.78 Å². The number of aromatic carboxylic acids is 1. The summed E-state index contributed by atoms with van der Waals surface area (Å²) >= 11 is 5.96. The minimum Gasteiger partial charge on any atom is -0.476 e. The summed E-state index contributed by atoms with van der Waals surface area (Å²) in [5.41, 5.74) is 5.52. The van der Waals surface area contributed by atoms with Crippen molar-refractivity contribution >= 4 is 49.7 Å². The number of hydrogen-bond acceptors (Lipinski definition) is 5. The maximum Gasteiger partial charge on any atom is 0.356 e. The number of rotatable bonds is 2. The fourth-order valence-electron chi connectivity index (χ4n) is 1.08. The van der Waals surface area contributed by atoms with E-state index >= 15 is 0 Å². The lowest BCUT2D eigenvalue weighted by molar-refractivity contribution is 0.0692. The average molecular weight is 305 g/mol. The lowest BCUT2D eigenvalue weighted by Crippen LogP contribution is -1.98. The lowest BCUT2D eigenvalue weighted by atomic mass is 10.3. The van der Waals surface area contributed by atoms with Gasteiger partial charge in [-0.3, -0.25) is 0 Å². The van der Waals surface area contributed by atoms with Gasteiger partial charge >= 0.3 is 5.97 Å². The second-order valence-corrected chi connectivity index (χ2v) is 6.13. The van der Waals surface area contributed by atoms with Gasteiger partial charge in [-0.1, -0.05) is 11.3 Å². The van der Waals surface area contributed by atoms with Gasteiger partial charge in [0, 0.05) is 4.88 Å². The second-order valence-electron chi connectivity index (χ2n) is 2.64. The average Bonchev–Trinajstić information content (AvgIpc) is 2.71. The van der Waals surface area contributed by atoms with E-state index in [0.717, 1.165) is 8.66 Å². The van der Waals surface area contributed by atoms with Crippen molar-refractivity contribution in [3.63, 3.8) is 0 Å². The standard InChI is InChI=1S/C8H5BrN2O2S2/c9-4-2-1-3(14-4)6-5(7(12)13)11-8(10)15-6/h1-2H,(H2,10,11)(H,12,13). The maximum absolute atomic E-state index is 10.9. The van der Waals surface area contributed by atoms with Crippen molar-refractivity contribution in [2.45, 2.75) is 0 Å². The molecule has 2 rings (SSSR count). The molecule has 0 saturated heterocycles. The zero-order chi connectivity index (χ0) is 11.0. The van der Waals surface area contributed by atoms with Crippen LogP contribution in [0.2, 0.25) is 0 Å². The van der Waals surface area contributed by atoms with E-state index in [2.05, 4.69) is 20.9 Å². The van der Waals surface area contributed by atoms with Crippen LogP contribution < -0.4 is 5.73 Å². The number of aromatic nitrogens is 1. The Balaban J connectivity index is 2.56. The van der Waals surface area contributed by atoms with Crippen LogP contribution in [0.25, 0.3) is 9.75 Å². The number of thiophene rings is 1. The topological polar surface area (TPSA) is 76.2 Å². The Morgan fingerprint density at radius 3 is 2.73 bits per heavy atom. The molecule has 0 spiro atoms. The molecule has 7 heteroatoms. The highest BCUT2D eigenvalue weighted by Crippen LogP contribution is 2.37. The molecule has 0 bridgehead atoms. The molecule has 0 aliphatic rings. The van der Waals surface area contributed by atoms with Gasteiger partial charge in [-0.05, 0) is 28.1 Å². The molecule has 78 valence electrons. The molecular formula is C8H5BrN2O2S2. The minimum atomic E-state index is -1.05. The summed E-state index contributed by atoms with van der Waals surface area (Å²) in [4.78, 5) is 16.1. The van der Waals surface area contributed by atoms with Crippen molar-refractivity contribution < 1.29 is 9.90 Å². The van der Waals surface area contributed by atoms with Gasteiger partial charge in [0.05, 0.1) is 8.66 Å². The van der Waals surface area contributed by atoms with Crippen LogP contribution in [0.4, 0.5) is 5.13 Å². The third-order valence-electron chi connectivity index (χ3n) is 1.64. The van der Waals surface area contributed by atoms with Gasteiger partial charge in [-0.2, -0.15) is 0 Å². The van der Waals surface area contributed by atoms with Crippen LogP contribution in [-0.4, -0.2) is 16.1 Å². The molecule has 0 unspecified atom stereocenters. The van der Waals surface area contributed by atoms with Crippen LogP contribution in [0.5, 0.6) is 0 Å². The van der Waals surface area contributed by atoms with Crippen molar-refractivity contribution in [2.24, 2.45) is 0 Å². The zero-order valence-corrected chi connectivity index (χ0v) is 10.4. The Bertz CT molecular complexity index is 520. The van der Waals surface area contributed by atoms with Gasteiger partial charge in [0.1, 0.15) is 0 Å². The smallest absolute Gasteiger partial charge is 0.356 e. The Kier molecular flexibility index (Phi) is 2.76. The summed E-state index contributed by atoms with van der Waals surface area (Å²) in [6.45, 7) is 0. The zero-order valence-electron chi connectivity index (χ0n) is 7.23. The molecular weight excluding hydrogens is 300 g/mol. The molecule has 0 fully saturated rings. The third kappa shape index (κ3) is 2.04. The number of nitrogens with two attached hydrogens (primary N) is 1. The molecule has 0 aromatic carbocycles. The quantitative estimate of drug-likeness (QED) is 0.894. The van der Waals surface area contributed by atoms with E-state index in [4.69, 9.17) is 10.8 Å². The number of hydrogen-bond donors (Lipinski definition) is 2. The van der Waals surface area contributed by atoms with Gasteiger partial charge in [0.15, 0.2) is 10.8 Å². The van der Waals surface area contributed by atoms with Crippen molar-refractivity contribution in [1.29, 1.82) is 0 Å². The van der Waals surface area contributed by atoms with Gasteiger partial charge in [-0.15, -0.1) is 11.3 Å². The van der Waals surface area contributed by atoms with Gasteiger partial charge in [0.2, 0.25) is 0 Å². The number of anilines is 1. The SMILES string of the molecule is Nc1nc(C(=O)O)c(-c2ccc(Br)s2)s1. The van der Waals surface area contributed by atoms with E-state index < -0.39 is 5.97 Å². The molecule has 3 N–H and O–H groups in total. The molecule has 0 atom stereocenters. The normalized spacial score (nSPS) is 10.5. The molecule has 4 nitrogen and oxygen atoms in total. The number of nitrogens with zero attached hydrogens (tertiary/aromatic N) is 1. The first kappa shape index (κ1) is 10.6. The number of halogens is 1. The van der Waals surface area contributed by atoms with E-state index in [0.29, 0.717) is 4.88 Å². The molecule has 2 aromatic rings. The molecule has 0 aliphatic heterocycles. The predicted octanol–water partition coefficient (Wildman–Crippen LogP) is 2.91. The number of carboxylic acid groups (broad SMARTS) is 1. The monoisotopic (exact) mass is 304 g/mol. The van der Waals surface area contributed by atoms with E-state index in [9.17, 15) is 4.79 Å². The second kappa shape index (κ2) is 3.92. The highest BCUT2D eigenvalue weighted by molar-refractivity contribution is 9.11. The molecule has 0 aliphatic carbocycles.